The largest absolute Gasteiger partial charge is 0.320 e. The molecular formula is C17H23N3. The van der Waals surface area contributed by atoms with Gasteiger partial charge in [0.15, 0.2) is 0 Å². The fourth-order valence-electron chi connectivity index (χ4n) is 3.30. The zero-order valence-electron chi connectivity index (χ0n) is 12.0. The molecule has 2 heterocycles. The fraction of sp³-hybridized carbons (Fsp3) is 0.529. The molecule has 2 fully saturated rings. The summed E-state index contributed by atoms with van der Waals surface area (Å²) in [6.07, 6.45) is 2.76. The minimum Gasteiger partial charge on any atom is -0.320 e. The summed E-state index contributed by atoms with van der Waals surface area (Å²) in [6, 6.07) is 9.40. The van der Waals surface area contributed by atoms with E-state index in [1.807, 2.05) is 0 Å². The summed E-state index contributed by atoms with van der Waals surface area (Å²) in [5.74, 6) is 5.96. The van der Waals surface area contributed by atoms with Crippen LogP contribution < -0.4 is 5.73 Å². The Balaban J connectivity index is 1.57. The number of nitrogens with two attached hydrogens (primary N) is 1. The van der Waals surface area contributed by atoms with E-state index >= 15 is 0 Å². The summed E-state index contributed by atoms with van der Waals surface area (Å²) >= 11 is 0. The monoisotopic (exact) mass is 269 g/mol. The third kappa shape index (κ3) is 3.21. The topological polar surface area (TPSA) is 32.5 Å². The number of rotatable bonds is 2. The van der Waals surface area contributed by atoms with Crippen molar-refractivity contribution < 1.29 is 0 Å². The van der Waals surface area contributed by atoms with Crippen LogP contribution in [-0.2, 0) is 6.54 Å². The molecule has 0 bridgehead atoms. The normalized spacial score (nSPS) is 23.1. The third-order valence-electron chi connectivity index (χ3n) is 4.37. The molecular weight excluding hydrogens is 246 g/mol. The van der Waals surface area contributed by atoms with Gasteiger partial charge in [-0.05, 0) is 37.1 Å². The first kappa shape index (κ1) is 13.6. The molecule has 1 aromatic carbocycles. The van der Waals surface area contributed by atoms with Crippen molar-refractivity contribution in [2.75, 3.05) is 32.7 Å². The van der Waals surface area contributed by atoms with Crippen molar-refractivity contribution in [2.45, 2.75) is 25.4 Å². The van der Waals surface area contributed by atoms with Crippen molar-refractivity contribution >= 4 is 0 Å². The van der Waals surface area contributed by atoms with Crippen LogP contribution >= 0.6 is 0 Å². The second-order valence-corrected chi connectivity index (χ2v) is 5.77. The van der Waals surface area contributed by atoms with Crippen LogP contribution in [0.4, 0.5) is 0 Å². The van der Waals surface area contributed by atoms with Gasteiger partial charge in [-0.25, -0.2) is 0 Å². The van der Waals surface area contributed by atoms with E-state index < -0.39 is 0 Å². The van der Waals surface area contributed by atoms with E-state index in [1.54, 1.807) is 0 Å². The maximum atomic E-state index is 5.39. The summed E-state index contributed by atoms with van der Waals surface area (Å²) in [5.41, 5.74) is 7.83. The lowest BCUT2D eigenvalue weighted by atomic mass is 10.1. The Morgan fingerprint density at radius 2 is 2.00 bits per heavy atom. The quantitative estimate of drug-likeness (QED) is 0.821. The van der Waals surface area contributed by atoms with Crippen LogP contribution in [-0.4, -0.2) is 48.6 Å². The molecule has 0 radical (unpaired) electrons. The van der Waals surface area contributed by atoms with Crippen molar-refractivity contribution in [2.24, 2.45) is 5.73 Å². The van der Waals surface area contributed by atoms with Gasteiger partial charge in [0, 0.05) is 37.8 Å². The second-order valence-electron chi connectivity index (χ2n) is 5.77. The number of benzene rings is 1. The van der Waals surface area contributed by atoms with E-state index in [0.717, 1.165) is 18.2 Å². The van der Waals surface area contributed by atoms with E-state index in [9.17, 15) is 0 Å². The Kier molecular flexibility index (Phi) is 4.37. The van der Waals surface area contributed by atoms with E-state index in [1.165, 1.54) is 44.6 Å². The Labute approximate surface area is 121 Å². The predicted molar refractivity (Wildman–Crippen MR) is 82.2 cm³/mol. The van der Waals surface area contributed by atoms with Crippen LogP contribution in [0.25, 0.3) is 0 Å². The molecule has 3 heteroatoms. The number of piperazine rings is 1. The van der Waals surface area contributed by atoms with Gasteiger partial charge in [-0.3, -0.25) is 9.80 Å². The first-order chi connectivity index (χ1) is 9.85. The molecule has 20 heavy (non-hydrogen) atoms. The molecule has 0 amide bonds. The predicted octanol–water partition coefficient (Wildman–Crippen LogP) is 1.28. The van der Waals surface area contributed by atoms with Crippen molar-refractivity contribution in [3.05, 3.63) is 35.4 Å². The molecule has 0 spiro atoms. The number of hydrogen-bond acceptors (Lipinski definition) is 3. The lowest BCUT2D eigenvalue weighted by Gasteiger charge is -2.37. The Morgan fingerprint density at radius 3 is 2.80 bits per heavy atom. The highest BCUT2D eigenvalue weighted by Crippen LogP contribution is 2.22. The van der Waals surface area contributed by atoms with Gasteiger partial charge in [-0.15, -0.1) is 0 Å². The highest BCUT2D eigenvalue weighted by molar-refractivity contribution is 5.36. The van der Waals surface area contributed by atoms with Gasteiger partial charge in [0.1, 0.15) is 0 Å². The SMILES string of the molecule is NCC#Cc1ccc(CN2CCN3CCCC3C2)cc1. The molecule has 2 saturated heterocycles. The van der Waals surface area contributed by atoms with Gasteiger partial charge in [0.05, 0.1) is 6.54 Å². The van der Waals surface area contributed by atoms with Gasteiger partial charge in [-0.2, -0.15) is 0 Å². The average Bonchev–Trinajstić information content (AvgIpc) is 2.94. The van der Waals surface area contributed by atoms with E-state index in [0.29, 0.717) is 6.54 Å². The standard InChI is InChI=1S/C17H23N3/c18-9-1-3-15-5-7-16(8-6-15)13-19-11-12-20-10-2-4-17(20)14-19/h5-8,17H,2,4,9-14,18H2. The van der Waals surface area contributed by atoms with Crippen molar-refractivity contribution in [3.63, 3.8) is 0 Å². The first-order valence-corrected chi connectivity index (χ1v) is 7.59. The molecule has 1 aromatic rings. The van der Waals surface area contributed by atoms with Gasteiger partial charge in [-0.1, -0.05) is 24.0 Å². The van der Waals surface area contributed by atoms with Crippen LogP contribution in [0.15, 0.2) is 24.3 Å². The lowest BCUT2D eigenvalue weighted by Crippen LogP contribution is -2.49. The van der Waals surface area contributed by atoms with Crippen molar-refractivity contribution in [1.29, 1.82) is 0 Å². The van der Waals surface area contributed by atoms with Gasteiger partial charge in [0.2, 0.25) is 0 Å². The third-order valence-corrected chi connectivity index (χ3v) is 4.37. The number of hydrogen-bond donors (Lipinski definition) is 1. The fourth-order valence-corrected chi connectivity index (χ4v) is 3.30. The van der Waals surface area contributed by atoms with E-state index in [4.69, 9.17) is 5.73 Å². The summed E-state index contributed by atoms with van der Waals surface area (Å²) < 4.78 is 0. The van der Waals surface area contributed by atoms with Crippen molar-refractivity contribution in [3.8, 4) is 11.8 Å². The Bertz CT molecular complexity index is 497. The Morgan fingerprint density at radius 1 is 1.15 bits per heavy atom. The van der Waals surface area contributed by atoms with Crippen LogP contribution in [0.3, 0.4) is 0 Å². The van der Waals surface area contributed by atoms with E-state index in [2.05, 4.69) is 45.9 Å². The van der Waals surface area contributed by atoms with Gasteiger partial charge in [0.25, 0.3) is 0 Å². The van der Waals surface area contributed by atoms with Crippen molar-refractivity contribution in [1.82, 2.24) is 9.80 Å². The molecule has 3 rings (SSSR count). The van der Waals surface area contributed by atoms with Crippen LogP contribution in [0.5, 0.6) is 0 Å². The van der Waals surface area contributed by atoms with Crippen LogP contribution in [0, 0.1) is 11.8 Å². The zero-order chi connectivity index (χ0) is 13.8. The molecule has 1 atom stereocenters. The van der Waals surface area contributed by atoms with E-state index in [-0.39, 0.29) is 0 Å². The summed E-state index contributed by atoms with van der Waals surface area (Å²) in [7, 11) is 0. The maximum absolute atomic E-state index is 5.39. The Hall–Kier alpha value is -1.34. The highest BCUT2D eigenvalue weighted by atomic mass is 15.3. The van der Waals surface area contributed by atoms with Crippen LogP contribution in [0.1, 0.15) is 24.0 Å². The zero-order valence-corrected chi connectivity index (χ0v) is 12.0. The molecule has 106 valence electrons. The molecule has 2 aliphatic rings. The average molecular weight is 269 g/mol. The summed E-state index contributed by atoms with van der Waals surface area (Å²) in [4.78, 5) is 5.25. The molecule has 2 aliphatic heterocycles. The van der Waals surface area contributed by atoms with Crippen LogP contribution in [0.2, 0.25) is 0 Å². The smallest absolute Gasteiger partial charge is 0.0555 e. The maximum Gasteiger partial charge on any atom is 0.0555 e. The summed E-state index contributed by atoms with van der Waals surface area (Å²) in [5, 5.41) is 0. The minimum atomic E-state index is 0.424. The molecule has 1 unspecified atom stereocenters. The summed E-state index contributed by atoms with van der Waals surface area (Å²) in [6.45, 7) is 6.47. The lowest BCUT2D eigenvalue weighted by molar-refractivity contribution is 0.0994. The molecule has 0 aliphatic carbocycles. The molecule has 2 N–H and O–H groups in total. The molecule has 0 aromatic heterocycles. The minimum absolute atomic E-state index is 0.424. The highest BCUT2D eigenvalue weighted by Gasteiger charge is 2.30. The van der Waals surface area contributed by atoms with Gasteiger partial charge < -0.3 is 5.73 Å². The van der Waals surface area contributed by atoms with Gasteiger partial charge >= 0.3 is 0 Å². The second kappa shape index (κ2) is 6.41. The number of nitrogens with zero attached hydrogens (tertiary/aromatic N) is 2. The molecule has 0 saturated carbocycles. The first-order valence-electron chi connectivity index (χ1n) is 7.59. The molecule has 3 nitrogen and oxygen atoms in total. The number of fused-ring (bicyclic) bond motifs is 1.